The lowest BCUT2D eigenvalue weighted by molar-refractivity contribution is 0.0936. The number of nitrogens with one attached hydrogen (secondary N) is 1. The Morgan fingerprint density at radius 3 is 2.59 bits per heavy atom. The molecule has 1 aromatic carbocycles. The molecule has 0 bridgehead atoms. The van der Waals surface area contributed by atoms with Gasteiger partial charge in [0, 0.05) is 18.6 Å². The SMILES string of the molecule is CC(CNC(=O)c1cc2c(cc1O)CCCC2)N(C)C1CC1. The van der Waals surface area contributed by atoms with Crippen LogP contribution >= 0.6 is 0 Å². The third kappa shape index (κ3) is 3.27. The van der Waals surface area contributed by atoms with Crippen LogP contribution in [0.5, 0.6) is 5.75 Å². The van der Waals surface area contributed by atoms with Gasteiger partial charge < -0.3 is 10.4 Å². The molecule has 0 saturated heterocycles. The fraction of sp³-hybridized carbons (Fsp3) is 0.611. The summed E-state index contributed by atoms with van der Waals surface area (Å²) in [6.45, 7) is 2.74. The van der Waals surface area contributed by atoms with E-state index in [-0.39, 0.29) is 11.7 Å². The number of nitrogens with zero attached hydrogens (tertiary/aromatic N) is 1. The minimum Gasteiger partial charge on any atom is -0.507 e. The van der Waals surface area contributed by atoms with Gasteiger partial charge in [-0.15, -0.1) is 0 Å². The maximum Gasteiger partial charge on any atom is 0.255 e. The first-order chi connectivity index (χ1) is 10.6. The van der Waals surface area contributed by atoms with Crippen molar-refractivity contribution in [2.45, 2.75) is 57.5 Å². The van der Waals surface area contributed by atoms with Crippen LogP contribution in [0, 0.1) is 0 Å². The van der Waals surface area contributed by atoms with Crippen LogP contribution in [0.3, 0.4) is 0 Å². The van der Waals surface area contributed by atoms with Crippen LogP contribution in [-0.4, -0.2) is 41.6 Å². The normalized spacial score (nSPS) is 18.9. The fourth-order valence-electron chi connectivity index (χ4n) is 3.28. The van der Waals surface area contributed by atoms with E-state index in [1.54, 1.807) is 6.07 Å². The number of phenolic OH excluding ortho intramolecular Hbond substituents is 1. The largest absolute Gasteiger partial charge is 0.507 e. The van der Waals surface area contributed by atoms with Crippen molar-refractivity contribution in [3.05, 3.63) is 28.8 Å². The minimum atomic E-state index is -0.165. The summed E-state index contributed by atoms with van der Waals surface area (Å²) in [6, 6.07) is 4.66. The lowest BCUT2D eigenvalue weighted by atomic mass is 9.90. The second-order valence-corrected chi connectivity index (χ2v) is 6.80. The number of hydrogen-bond donors (Lipinski definition) is 2. The van der Waals surface area contributed by atoms with Gasteiger partial charge in [0.1, 0.15) is 5.75 Å². The Kier molecular flexibility index (Phi) is 4.39. The van der Waals surface area contributed by atoms with E-state index >= 15 is 0 Å². The second kappa shape index (κ2) is 6.29. The first-order valence-electron chi connectivity index (χ1n) is 8.41. The first-order valence-corrected chi connectivity index (χ1v) is 8.41. The van der Waals surface area contributed by atoms with Crippen LogP contribution < -0.4 is 5.32 Å². The number of carbonyl (C=O) groups is 1. The summed E-state index contributed by atoms with van der Waals surface area (Å²) >= 11 is 0. The summed E-state index contributed by atoms with van der Waals surface area (Å²) in [5, 5.41) is 13.1. The predicted molar refractivity (Wildman–Crippen MR) is 87.3 cm³/mol. The van der Waals surface area contributed by atoms with E-state index in [0.717, 1.165) is 12.8 Å². The summed E-state index contributed by atoms with van der Waals surface area (Å²) < 4.78 is 0. The second-order valence-electron chi connectivity index (χ2n) is 6.80. The highest BCUT2D eigenvalue weighted by molar-refractivity contribution is 5.97. The number of hydrogen-bond acceptors (Lipinski definition) is 3. The molecule has 1 saturated carbocycles. The molecule has 120 valence electrons. The van der Waals surface area contributed by atoms with E-state index in [9.17, 15) is 9.90 Å². The molecule has 1 fully saturated rings. The number of aromatic hydroxyl groups is 1. The average molecular weight is 302 g/mol. The van der Waals surface area contributed by atoms with Crippen molar-refractivity contribution in [1.82, 2.24) is 10.2 Å². The van der Waals surface area contributed by atoms with E-state index in [4.69, 9.17) is 0 Å². The molecule has 3 rings (SSSR count). The summed E-state index contributed by atoms with van der Waals surface area (Å²) in [6.07, 6.45) is 6.89. The molecular weight excluding hydrogens is 276 g/mol. The fourth-order valence-corrected chi connectivity index (χ4v) is 3.28. The van der Waals surface area contributed by atoms with Crippen molar-refractivity contribution >= 4 is 5.91 Å². The van der Waals surface area contributed by atoms with Gasteiger partial charge in [-0.2, -0.15) is 0 Å². The van der Waals surface area contributed by atoms with Gasteiger partial charge >= 0.3 is 0 Å². The number of benzene rings is 1. The maximum atomic E-state index is 12.4. The van der Waals surface area contributed by atoms with Crippen molar-refractivity contribution < 1.29 is 9.90 Å². The lowest BCUT2D eigenvalue weighted by Crippen LogP contribution is -2.41. The highest BCUT2D eigenvalue weighted by atomic mass is 16.3. The molecule has 2 aliphatic carbocycles. The van der Waals surface area contributed by atoms with Gasteiger partial charge in [0.25, 0.3) is 5.91 Å². The van der Waals surface area contributed by atoms with Gasteiger partial charge in [0.15, 0.2) is 0 Å². The minimum absolute atomic E-state index is 0.112. The van der Waals surface area contributed by atoms with Gasteiger partial charge in [-0.1, -0.05) is 0 Å². The zero-order valence-electron chi connectivity index (χ0n) is 13.6. The van der Waals surface area contributed by atoms with Gasteiger partial charge in [0.2, 0.25) is 0 Å². The molecule has 22 heavy (non-hydrogen) atoms. The van der Waals surface area contributed by atoms with Crippen molar-refractivity contribution in [2.75, 3.05) is 13.6 Å². The number of carbonyl (C=O) groups excluding carboxylic acids is 1. The quantitative estimate of drug-likeness (QED) is 0.878. The number of phenols is 1. The molecule has 4 nitrogen and oxygen atoms in total. The van der Waals surface area contributed by atoms with E-state index in [2.05, 4.69) is 24.2 Å². The highest BCUT2D eigenvalue weighted by Crippen LogP contribution is 2.29. The molecule has 2 aliphatic rings. The summed E-state index contributed by atoms with van der Waals surface area (Å²) in [5.74, 6) is -0.0525. The van der Waals surface area contributed by atoms with Crippen LogP contribution in [0.25, 0.3) is 0 Å². The summed E-state index contributed by atoms with van der Waals surface area (Å²) in [7, 11) is 2.12. The Labute approximate surface area is 132 Å². The molecule has 0 heterocycles. The number of aryl methyl sites for hydroxylation is 2. The Balaban J connectivity index is 1.64. The maximum absolute atomic E-state index is 12.4. The van der Waals surface area contributed by atoms with E-state index in [1.807, 2.05) is 6.07 Å². The van der Waals surface area contributed by atoms with Crippen LogP contribution in [-0.2, 0) is 12.8 Å². The molecule has 0 aromatic heterocycles. The van der Waals surface area contributed by atoms with Crippen LogP contribution in [0.2, 0.25) is 0 Å². The smallest absolute Gasteiger partial charge is 0.255 e. The van der Waals surface area contributed by atoms with E-state index in [1.165, 1.54) is 36.8 Å². The third-order valence-corrected chi connectivity index (χ3v) is 5.08. The van der Waals surface area contributed by atoms with Crippen molar-refractivity contribution in [1.29, 1.82) is 0 Å². The number of amides is 1. The highest BCUT2D eigenvalue weighted by Gasteiger charge is 2.29. The predicted octanol–water partition coefficient (Wildman–Crippen LogP) is 2.48. The molecule has 1 amide bonds. The molecular formula is C18H26N2O2. The Hall–Kier alpha value is -1.55. The molecule has 0 aliphatic heterocycles. The zero-order chi connectivity index (χ0) is 15.7. The topological polar surface area (TPSA) is 52.6 Å². The van der Waals surface area contributed by atoms with Crippen LogP contribution in [0.4, 0.5) is 0 Å². The molecule has 4 heteroatoms. The number of fused-ring (bicyclic) bond motifs is 1. The van der Waals surface area contributed by atoms with E-state index < -0.39 is 0 Å². The van der Waals surface area contributed by atoms with Gasteiger partial charge in [-0.05, 0) is 75.8 Å². The zero-order valence-corrected chi connectivity index (χ0v) is 13.6. The molecule has 1 unspecified atom stereocenters. The molecule has 1 aromatic rings. The van der Waals surface area contributed by atoms with Gasteiger partial charge in [-0.25, -0.2) is 0 Å². The lowest BCUT2D eigenvalue weighted by Gasteiger charge is -2.25. The van der Waals surface area contributed by atoms with Crippen molar-refractivity contribution in [3.8, 4) is 5.75 Å². The van der Waals surface area contributed by atoms with Crippen molar-refractivity contribution in [2.24, 2.45) is 0 Å². The first kappa shape index (κ1) is 15.3. The summed E-state index contributed by atoms with van der Waals surface area (Å²) in [4.78, 5) is 14.7. The average Bonchev–Trinajstić information content (AvgIpc) is 3.35. The van der Waals surface area contributed by atoms with Gasteiger partial charge in [0.05, 0.1) is 5.56 Å². The van der Waals surface area contributed by atoms with Crippen LogP contribution in [0.1, 0.15) is 54.1 Å². The third-order valence-electron chi connectivity index (χ3n) is 5.08. The number of likely N-dealkylation sites (N-methyl/N-ethyl adjacent to an activating group) is 1. The molecule has 2 N–H and O–H groups in total. The Morgan fingerprint density at radius 1 is 1.32 bits per heavy atom. The molecule has 1 atom stereocenters. The Bertz CT molecular complexity index is 566. The number of rotatable bonds is 5. The molecule has 0 radical (unpaired) electrons. The van der Waals surface area contributed by atoms with E-state index in [0.29, 0.717) is 24.2 Å². The standard InChI is InChI=1S/C18H26N2O2/c1-12(20(2)15-7-8-15)11-19-18(22)16-9-13-5-3-4-6-14(13)10-17(16)21/h9-10,12,15,21H,3-8,11H2,1-2H3,(H,19,22). The molecule has 0 spiro atoms. The summed E-state index contributed by atoms with van der Waals surface area (Å²) in [5.41, 5.74) is 2.83. The Morgan fingerprint density at radius 2 is 1.95 bits per heavy atom. The van der Waals surface area contributed by atoms with Gasteiger partial charge in [-0.3, -0.25) is 9.69 Å². The van der Waals surface area contributed by atoms with Crippen molar-refractivity contribution in [3.63, 3.8) is 0 Å². The monoisotopic (exact) mass is 302 g/mol. The van der Waals surface area contributed by atoms with Crippen LogP contribution in [0.15, 0.2) is 12.1 Å².